The zero-order chi connectivity index (χ0) is 12.4. The lowest BCUT2D eigenvalue weighted by Crippen LogP contribution is -2.01. The first kappa shape index (κ1) is 11.8. The van der Waals surface area contributed by atoms with Crippen molar-refractivity contribution in [2.75, 3.05) is 5.32 Å². The van der Waals surface area contributed by atoms with Crippen LogP contribution in [0.4, 0.5) is 15.2 Å². The van der Waals surface area contributed by atoms with E-state index in [4.69, 9.17) is 16.7 Å². The van der Waals surface area contributed by atoms with Gasteiger partial charge in [-0.3, -0.25) is 0 Å². The normalized spacial score (nSPS) is 10.2. The van der Waals surface area contributed by atoms with Gasteiger partial charge < -0.3 is 10.4 Å². The quantitative estimate of drug-likeness (QED) is 0.899. The summed E-state index contributed by atoms with van der Waals surface area (Å²) in [7, 11) is 0. The van der Waals surface area contributed by atoms with Gasteiger partial charge in [0.2, 0.25) is 0 Å². The molecule has 17 heavy (non-hydrogen) atoms. The van der Waals surface area contributed by atoms with Crippen molar-refractivity contribution >= 4 is 39.7 Å². The van der Waals surface area contributed by atoms with Crippen molar-refractivity contribution in [2.45, 2.75) is 0 Å². The Bertz CT molecular complexity index is 573. The van der Waals surface area contributed by atoms with Gasteiger partial charge in [-0.25, -0.2) is 14.2 Å². The van der Waals surface area contributed by atoms with E-state index in [0.717, 1.165) is 6.07 Å². The Kier molecular flexibility index (Phi) is 3.26. The fourth-order valence-electron chi connectivity index (χ4n) is 1.20. The van der Waals surface area contributed by atoms with E-state index in [1.165, 1.54) is 23.5 Å². The van der Waals surface area contributed by atoms with Gasteiger partial charge in [0.1, 0.15) is 11.0 Å². The van der Waals surface area contributed by atoms with Crippen LogP contribution < -0.4 is 5.32 Å². The number of carboxylic acids is 1. The fourth-order valence-corrected chi connectivity index (χ4v) is 2.06. The molecule has 0 fully saturated rings. The highest BCUT2D eigenvalue weighted by Crippen LogP contribution is 2.24. The first-order valence-corrected chi connectivity index (χ1v) is 5.73. The van der Waals surface area contributed by atoms with Crippen LogP contribution in [0.15, 0.2) is 23.6 Å². The molecular weight excluding hydrogens is 267 g/mol. The van der Waals surface area contributed by atoms with Gasteiger partial charge >= 0.3 is 5.97 Å². The van der Waals surface area contributed by atoms with Crippen LogP contribution in [0.3, 0.4) is 0 Å². The number of rotatable bonds is 3. The number of nitrogens with zero attached hydrogens (tertiary/aromatic N) is 1. The first-order valence-electron chi connectivity index (χ1n) is 4.47. The highest BCUT2D eigenvalue weighted by Gasteiger charge is 2.10. The summed E-state index contributed by atoms with van der Waals surface area (Å²) < 4.78 is 13.3. The predicted molar refractivity (Wildman–Crippen MR) is 63.8 cm³/mol. The van der Waals surface area contributed by atoms with Gasteiger partial charge in [0.25, 0.3) is 0 Å². The molecule has 0 aliphatic rings. The summed E-state index contributed by atoms with van der Waals surface area (Å²) in [6, 6.07) is 3.75. The molecule has 0 saturated heterocycles. The van der Waals surface area contributed by atoms with Gasteiger partial charge in [-0.15, -0.1) is 11.3 Å². The molecule has 0 spiro atoms. The number of anilines is 2. The van der Waals surface area contributed by atoms with Crippen molar-refractivity contribution in [1.82, 2.24) is 4.98 Å². The maximum Gasteiger partial charge on any atom is 0.338 e. The summed E-state index contributed by atoms with van der Waals surface area (Å²) >= 11 is 6.90. The number of hydrogen-bond donors (Lipinski definition) is 2. The number of nitrogens with one attached hydrogen (secondary N) is 1. The zero-order valence-corrected chi connectivity index (χ0v) is 9.85. The molecule has 4 nitrogen and oxygen atoms in total. The van der Waals surface area contributed by atoms with E-state index in [9.17, 15) is 9.18 Å². The third-order valence-corrected chi connectivity index (χ3v) is 3.01. The number of halogens is 2. The molecule has 2 rings (SSSR count). The molecule has 2 N–H and O–H groups in total. The number of thiazole rings is 1. The van der Waals surface area contributed by atoms with Gasteiger partial charge in [-0.1, -0.05) is 11.6 Å². The number of carboxylic acid groups (broad SMARTS) is 1. The largest absolute Gasteiger partial charge is 0.478 e. The van der Waals surface area contributed by atoms with Gasteiger partial charge in [0.15, 0.2) is 5.13 Å². The van der Waals surface area contributed by atoms with E-state index in [1.807, 2.05) is 0 Å². The highest BCUT2D eigenvalue weighted by molar-refractivity contribution is 7.14. The second-order valence-corrected chi connectivity index (χ2v) is 4.35. The third kappa shape index (κ3) is 2.72. The third-order valence-electron chi connectivity index (χ3n) is 1.93. The smallest absolute Gasteiger partial charge is 0.338 e. The van der Waals surface area contributed by atoms with E-state index in [0.29, 0.717) is 16.0 Å². The number of carbonyl (C=O) groups is 1. The van der Waals surface area contributed by atoms with E-state index < -0.39 is 11.8 Å². The molecule has 1 heterocycles. The lowest BCUT2D eigenvalue weighted by molar-refractivity contribution is 0.0692. The Hall–Kier alpha value is -1.66. The molecule has 0 bridgehead atoms. The second kappa shape index (κ2) is 4.68. The number of hydrogen-bond acceptors (Lipinski definition) is 4. The van der Waals surface area contributed by atoms with Gasteiger partial charge in [-0.05, 0) is 18.2 Å². The predicted octanol–water partition coefficient (Wildman–Crippen LogP) is 3.38. The van der Waals surface area contributed by atoms with E-state index in [2.05, 4.69) is 10.3 Å². The van der Waals surface area contributed by atoms with Crippen LogP contribution in [0, 0.1) is 5.82 Å². The molecule has 0 saturated carbocycles. The van der Waals surface area contributed by atoms with Crippen LogP contribution in [0.2, 0.25) is 5.15 Å². The Labute approximate surface area is 105 Å². The lowest BCUT2D eigenvalue weighted by Gasteiger charge is -2.03. The Balaban J connectivity index is 2.23. The standard InChI is InChI=1S/C10H6ClFN2O2S/c11-8-4-17-10(14-8)13-5-1-2-6(9(15)16)7(12)3-5/h1-4H,(H,13,14)(H,15,16). The van der Waals surface area contributed by atoms with Gasteiger partial charge in [0, 0.05) is 11.1 Å². The van der Waals surface area contributed by atoms with Crippen LogP contribution in [-0.4, -0.2) is 16.1 Å². The molecule has 88 valence electrons. The van der Waals surface area contributed by atoms with Crippen LogP contribution in [0.1, 0.15) is 10.4 Å². The highest BCUT2D eigenvalue weighted by atomic mass is 35.5. The molecule has 1 aromatic carbocycles. The van der Waals surface area contributed by atoms with Crippen LogP contribution in [0.25, 0.3) is 0 Å². The molecule has 0 aliphatic heterocycles. The van der Waals surface area contributed by atoms with Gasteiger partial charge in [0.05, 0.1) is 5.56 Å². The molecule has 0 unspecified atom stereocenters. The average molecular weight is 273 g/mol. The minimum absolute atomic E-state index is 0.347. The van der Waals surface area contributed by atoms with Crippen molar-refractivity contribution in [3.05, 3.63) is 40.1 Å². The van der Waals surface area contributed by atoms with Crippen molar-refractivity contribution < 1.29 is 14.3 Å². The monoisotopic (exact) mass is 272 g/mol. The molecule has 0 radical (unpaired) electrons. The maximum absolute atomic E-state index is 13.3. The minimum Gasteiger partial charge on any atom is -0.478 e. The number of aromatic nitrogens is 1. The summed E-state index contributed by atoms with van der Waals surface area (Å²) in [5, 5.41) is 14.0. The second-order valence-electron chi connectivity index (χ2n) is 3.10. The minimum atomic E-state index is -1.30. The lowest BCUT2D eigenvalue weighted by atomic mass is 10.2. The number of aromatic carboxylic acids is 1. The molecule has 7 heteroatoms. The first-order chi connectivity index (χ1) is 8.06. The Morgan fingerprint density at radius 3 is 2.82 bits per heavy atom. The van der Waals surface area contributed by atoms with E-state index in [-0.39, 0.29) is 5.56 Å². The summed E-state index contributed by atoms with van der Waals surface area (Å²) in [5.74, 6) is -2.10. The molecular formula is C10H6ClFN2O2S. The molecule has 0 atom stereocenters. The summed E-state index contributed by atoms with van der Waals surface area (Å²) in [5.41, 5.74) is 0.0474. The fraction of sp³-hybridized carbons (Fsp3) is 0. The van der Waals surface area contributed by atoms with Crippen LogP contribution in [-0.2, 0) is 0 Å². The molecule has 2 aromatic rings. The van der Waals surface area contributed by atoms with Crippen molar-refractivity contribution in [3.8, 4) is 0 Å². The summed E-state index contributed by atoms with van der Waals surface area (Å²) in [4.78, 5) is 14.5. The van der Waals surface area contributed by atoms with E-state index >= 15 is 0 Å². The van der Waals surface area contributed by atoms with Crippen molar-refractivity contribution in [3.63, 3.8) is 0 Å². The van der Waals surface area contributed by atoms with Crippen LogP contribution in [0.5, 0.6) is 0 Å². The van der Waals surface area contributed by atoms with Crippen molar-refractivity contribution in [1.29, 1.82) is 0 Å². The van der Waals surface area contributed by atoms with Gasteiger partial charge in [-0.2, -0.15) is 0 Å². The Morgan fingerprint density at radius 1 is 1.53 bits per heavy atom. The zero-order valence-electron chi connectivity index (χ0n) is 8.28. The molecule has 0 amide bonds. The molecule has 1 aromatic heterocycles. The van der Waals surface area contributed by atoms with Crippen molar-refractivity contribution in [2.24, 2.45) is 0 Å². The topological polar surface area (TPSA) is 62.2 Å². The van der Waals surface area contributed by atoms with E-state index in [1.54, 1.807) is 5.38 Å². The summed E-state index contributed by atoms with van der Waals surface area (Å²) in [6.45, 7) is 0. The average Bonchev–Trinajstić information content (AvgIpc) is 2.63. The maximum atomic E-state index is 13.3. The SMILES string of the molecule is O=C(O)c1ccc(Nc2nc(Cl)cs2)cc1F. The summed E-state index contributed by atoms with van der Waals surface area (Å²) in [6.07, 6.45) is 0. The van der Waals surface area contributed by atoms with Crippen LogP contribution >= 0.6 is 22.9 Å². The number of benzene rings is 1. The Morgan fingerprint density at radius 2 is 2.29 bits per heavy atom. The molecule has 0 aliphatic carbocycles.